The Morgan fingerprint density at radius 1 is 1.18 bits per heavy atom. The quantitative estimate of drug-likeness (QED) is 0.733. The van der Waals surface area contributed by atoms with Gasteiger partial charge in [0.1, 0.15) is 11.6 Å². The zero-order valence-corrected chi connectivity index (χ0v) is 12.0. The number of aromatic amines is 1. The molecule has 1 heterocycles. The van der Waals surface area contributed by atoms with Gasteiger partial charge in [-0.3, -0.25) is 4.79 Å². The van der Waals surface area contributed by atoms with E-state index >= 15 is 0 Å². The predicted octanol–water partition coefficient (Wildman–Crippen LogP) is 2.81. The smallest absolute Gasteiger partial charge is 0.307 e. The SMILES string of the molecule is O=C(O)Cc1ccc2nc(CCOc3ccccc3)[nH]c2c1. The number of ether oxygens (including phenoxy) is 1. The molecule has 0 aliphatic heterocycles. The lowest BCUT2D eigenvalue weighted by Gasteiger charge is -2.03. The minimum absolute atomic E-state index is 0.0153. The van der Waals surface area contributed by atoms with Crippen LogP contribution < -0.4 is 4.74 Å². The molecule has 22 heavy (non-hydrogen) atoms. The lowest BCUT2D eigenvalue weighted by Crippen LogP contribution is -2.02. The molecule has 0 fully saturated rings. The molecule has 1 aromatic heterocycles. The molecule has 0 aliphatic carbocycles. The second-order valence-corrected chi connectivity index (χ2v) is 5.02. The second kappa shape index (κ2) is 6.30. The molecule has 0 unspecified atom stereocenters. The third kappa shape index (κ3) is 3.44. The van der Waals surface area contributed by atoms with Gasteiger partial charge in [-0.25, -0.2) is 4.98 Å². The van der Waals surface area contributed by atoms with Crippen molar-refractivity contribution in [2.24, 2.45) is 0 Å². The molecule has 5 nitrogen and oxygen atoms in total. The first-order valence-corrected chi connectivity index (χ1v) is 7.08. The standard InChI is InChI=1S/C17H16N2O3/c20-17(21)11-12-6-7-14-15(10-12)19-16(18-14)8-9-22-13-4-2-1-3-5-13/h1-7,10H,8-9,11H2,(H,18,19)(H,20,21). The van der Waals surface area contributed by atoms with E-state index in [-0.39, 0.29) is 6.42 Å². The average Bonchev–Trinajstić information content (AvgIpc) is 2.89. The minimum Gasteiger partial charge on any atom is -0.493 e. The zero-order chi connectivity index (χ0) is 15.4. The highest BCUT2D eigenvalue weighted by atomic mass is 16.5. The van der Waals surface area contributed by atoms with Crippen molar-refractivity contribution in [3.63, 3.8) is 0 Å². The van der Waals surface area contributed by atoms with Crippen molar-refractivity contribution in [2.45, 2.75) is 12.8 Å². The number of para-hydroxylation sites is 1. The van der Waals surface area contributed by atoms with Crippen LogP contribution in [0.25, 0.3) is 11.0 Å². The van der Waals surface area contributed by atoms with Gasteiger partial charge in [0.25, 0.3) is 0 Å². The summed E-state index contributed by atoms with van der Waals surface area (Å²) in [6.07, 6.45) is 0.680. The first-order chi connectivity index (χ1) is 10.7. The lowest BCUT2D eigenvalue weighted by atomic mass is 10.1. The minimum atomic E-state index is -0.838. The molecule has 0 saturated carbocycles. The molecule has 0 amide bonds. The molecule has 5 heteroatoms. The fourth-order valence-electron chi connectivity index (χ4n) is 2.29. The van der Waals surface area contributed by atoms with Gasteiger partial charge in [-0.2, -0.15) is 0 Å². The number of carboxylic acids is 1. The van der Waals surface area contributed by atoms with Crippen molar-refractivity contribution < 1.29 is 14.6 Å². The Morgan fingerprint density at radius 3 is 2.77 bits per heavy atom. The van der Waals surface area contributed by atoms with Crippen LogP contribution in [0.15, 0.2) is 48.5 Å². The molecule has 0 spiro atoms. The molecule has 0 radical (unpaired) electrons. The number of fused-ring (bicyclic) bond motifs is 1. The van der Waals surface area contributed by atoms with Gasteiger partial charge in [0.05, 0.1) is 24.1 Å². The number of aliphatic carboxylic acids is 1. The number of carbonyl (C=O) groups is 1. The van der Waals surface area contributed by atoms with E-state index in [0.717, 1.165) is 28.2 Å². The van der Waals surface area contributed by atoms with E-state index in [1.165, 1.54) is 0 Å². The molecular formula is C17H16N2O3. The number of carboxylic acid groups (broad SMARTS) is 1. The summed E-state index contributed by atoms with van der Waals surface area (Å²) < 4.78 is 5.64. The Labute approximate surface area is 127 Å². The molecular weight excluding hydrogens is 280 g/mol. The van der Waals surface area contributed by atoms with E-state index < -0.39 is 5.97 Å². The highest BCUT2D eigenvalue weighted by molar-refractivity contribution is 5.78. The van der Waals surface area contributed by atoms with E-state index in [0.29, 0.717) is 13.0 Å². The third-order valence-corrected chi connectivity index (χ3v) is 3.30. The van der Waals surface area contributed by atoms with Crippen LogP contribution in [-0.4, -0.2) is 27.7 Å². The predicted molar refractivity (Wildman–Crippen MR) is 83.1 cm³/mol. The summed E-state index contributed by atoms with van der Waals surface area (Å²) in [5.74, 6) is 0.830. The first-order valence-electron chi connectivity index (χ1n) is 7.08. The zero-order valence-electron chi connectivity index (χ0n) is 12.0. The van der Waals surface area contributed by atoms with Gasteiger partial charge >= 0.3 is 5.97 Å². The molecule has 3 rings (SSSR count). The van der Waals surface area contributed by atoms with Gasteiger partial charge in [-0.15, -0.1) is 0 Å². The van der Waals surface area contributed by atoms with Crippen molar-refractivity contribution in [2.75, 3.05) is 6.61 Å². The number of imidazole rings is 1. The van der Waals surface area contributed by atoms with Crippen LogP contribution in [0.1, 0.15) is 11.4 Å². The average molecular weight is 296 g/mol. The molecule has 0 bridgehead atoms. The van der Waals surface area contributed by atoms with E-state index in [2.05, 4.69) is 9.97 Å². The topological polar surface area (TPSA) is 75.2 Å². The highest BCUT2D eigenvalue weighted by Crippen LogP contribution is 2.15. The Hall–Kier alpha value is -2.82. The van der Waals surface area contributed by atoms with E-state index in [9.17, 15) is 4.79 Å². The van der Waals surface area contributed by atoms with Crippen LogP contribution in [0, 0.1) is 0 Å². The molecule has 0 aliphatic rings. The fraction of sp³-hybridized carbons (Fsp3) is 0.176. The Kier molecular flexibility index (Phi) is 4.05. The van der Waals surface area contributed by atoms with Gasteiger partial charge < -0.3 is 14.8 Å². The van der Waals surface area contributed by atoms with E-state index in [4.69, 9.17) is 9.84 Å². The Morgan fingerprint density at radius 2 is 2.00 bits per heavy atom. The summed E-state index contributed by atoms with van der Waals surface area (Å²) in [6.45, 7) is 0.534. The highest BCUT2D eigenvalue weighted by Gasteiger charge is 2.06. The van der Waals surface area contributed by atoms with Gasteiger partial charge in [0.2, 0.25) is 0 Å². The van der Waals surface area contributed by atoms with Crippen LogP contribution in [0.3, 0.4) is 0 Å². The number of aromatic nitrogens is 2. The van der Waals surface area contributed by atoms with Crippen LogP contribution in [-0.2, 0) is 17.6 Å². The van der Waals surface area contributed by atoms with E-state index in [1.807, 2.05) is 42.5 Å². The summed E-state index contributed by atoms with van der Waals surface area (Å²) in [6, 6.07) is 15.1. The number of nitrogens with one attached hydrogen (secondary N) is 1. The van der Waals surface area contributed by atoms with Crippen molar-refractivity contribution in [3.05, 3.63) is 59.9 Å². The largest absolute Gasteiger partial charge is 0.493 e. The maximum Gasteiger partial charge on any atom is 0.307 e. The van der Waals surface area contributed by atoms with Crippen molar-refractivity contribution in [3.8, 4) is 5.75 Å². The maximum absolute atomic E-state index is 10.7. The Bertz CT molecular complexity index is 781. The van der Waals surface area contributed by atoms with Gasteiger partial charge in [-0.05, 0) is 29.8 Å². The van der Waals surface area contributed by atoms with Crippen molar-refractivity contribution >= 4 is 17.0 Å². The van der Waals surface area contributed by atoms with Gasteiger partial charge in [0, 0.05) is 6.42 Å². The molecule has 2 aromatic carbocycles. The number of rotatable bonds is 6. The van der Waals surface area contributed by atoms with Crippen molar-refractivity contribution in [1.82, 2.24) is 9.97 Å². The number of hydrogen-bond donors (Lipinski definition) is 2. The van der Waals surface area contributed by atoms with Gasteiger partial charge in [0.15, 0.2) is 0 Å². The molecule has 0 atom stereocenters. The van der Waals surface area contributed by atoms with E-state index in [1.54, 1.807) is 6.07 Å². The fourth-order valence-corrected chi connectivity index (χ4v) is 2.29. The third-order valence-electron chi connectivity index (χ3n) is 3.30. The summed E-state index contributed by atoms with van der Waals surface area (Å²) in [4.78, 5) is 18.4. The summed E-state index contributed by atoms with van der Waals surface area (Å²) in [5, 5.41) is 8.83. The second-order valence-electron chi connectivity index (χ2n) is 5.02. The Balaban J connectivity index is 1.65. The van der Waals surface area contributed by atoms with Crippen molar-refractivity contribution in [1.29, 1.82) is 0 Å². The lowest BCUT2D eigenvalue weighted by molar-refractivity contribution is -0.136. The number of nitrogens with zero attached hydrogens (tertiary/aromatic N) is 1. The van der Waals surface area contributed by atoms with Crippen LogP contribution in [0.4, 0.5) is 0 Å². The molecule has 112 valence electrons. The summed E-state index contributed by atoms with van der Waals surface area (Å²) in [7, 11) is 0. The van der Waals surface area contributed by atoms with Crippen LogP contribution in [0.2, 0.25) is 0 Å². The first kappa shape index (κ1) is 14.1. The molecule has 0 saturated heterocycles. The number of H-pyrrole nitrogens is 1. The monoisotopic (exact) mass is 296 g/mol. The van der Waals surface area contributed by atoms with Crippen LogP contribution in [0.5, 0.6) is 5.75 Å². The summed E-state index contributed by atoms with van der Waals surface area (Å²) >= 11 is 0. The number of hydrogen-bond acceptors (Lipinski definition) is 3. The number of benzene rings is 2. The summed E-state index contributed by atoms with van der Waals surface area (Å²) in [5.41, 5.74) is 2.45. The molecule has 2 N–H and O–H groups in total. The normalized spacial score (nSPS) is 10.7. The molecule has 3 aromatic rings. The maximum atomic E-state index is 10.7. The van der Waals surface area contributed by atoms with Crippen LogP contribution >= 0.6 is 0 Å². The van der Waals surface area contributed by atoms with Gasteiger partial charge in [-0.1, -0.05) is 24.3 Å².